The van der Waals surface area contributed by atoms with Gasteiger partial charge in [-0.05, 0) is 24.6 Å². The van der Waals surface area contributed by atoms with Gasteiger partial charge in [0, 0.05) is 11.2 Å². The number of hydrogen-bond donors (Lipinski definition) is 2. The third-order valence-corrected chi connectivity index (χ3v) is 4.46. The predicted octanol–water partition coefficient (Wildman–Crippen LogP) is 2.27. The summed E-state index contributed by atoms with van der Waals surface area (Å²) in [6, 6.07) is 7.08. The predicted molar refractivity (Wildman–Crippen MR) is 97.5 cm³/mol. The first-order valence-electron chi connectivity index (χ1n) is 7.95. The average molecular weight is 385 g/mol. The lowest BCUT2D eigenvalue weighted by Crippen LogP contribution is -2.18. The number of H-pyrrole nitrogens is 1. The summed E-state index contributed by atoms with van der Waals surface area (Å²) in [4.78, 5) is 30.6. The van der Waals surface area contributed by atoms with Crippen LogP contribution in [0, 0.1) is 0 Å². The Morgan fingerprint density at radius 1 is 1.22 bits per heavy atom. The quantitative estimate of drug-likeness (QED) is 0.557. The largest absolute Gasteiger partial charge is 0.478 e. The van der Waals surface area contributed by atoms with Gasteiger partial charge in [-0.1, -0.05) is 23.7 Å². The minimum Gasteiger partial charge on any atom is -0.478 e. The van der Waals surface area contributed by atoms with Gasteiger partial charge >= 0.3 is 5.97 Å². The third-order valence-electron chi connectivity index (χ3n) is 4.21. The molecule has 4 rings (SSSR count). The Labute approximate surface area is 156 Å². The summed E-state index contributed by atoms with van der Waals surface area (Å²) in [7, 11) is 0. The topological polar surface area (TPSA) is 119 Å². The first-order chi connectivity index (χ1) is 12.9. The second-order valence-corrected chi connectivity index (χ2v) is 6.36. The van der Waals surface area contributed by atoms with E-state index in [1.807, 2.05) is 19.1 Å². The maximum absolute atomic E-state index is 12.7. The summed E-state index contributed by atoms with van der Waals surface area (Å²) in [5.74, 6) is -1.01. The van der Waals surface area contributed by atoms with Crippen LogP contribution in [0.25, 0.3) is 17.0 Å². The first-order valence-corrected chi connectivity index (χ1v) is 8.33. The van der Waals surface area contributed by atoms with Gasteiger partial charge in [0.25, 0.3) is 5.56 Å². The van der Waals surface area contributed by atoms with Gasteiger partial charge in [-0.25, -0.2) is 14.5 Å². The molecule has 0 amide bonds. The smallest absolute Gasteiger partial charge is 0.338 e. The molecule has 0 spiro atoms. The molecule has 27 heavy (non-hydrogen) atoms. The monoisotopic (exact) mass is 384 g/mol. The van der Waals surface area contributed by atoms with Crippen molar-refractivity contribution in [2.24, 2.45) is 0 Å². The van der Waals surface area contributed by atoms with E-state index < -0.39 is 11.5 Å². The van der Waals surface area contributed by atoms with Gasteiger partial charge in [0.15, 0.2) is 5.52 Å². The minimum atomic E-state index is -1.12. The van der Waals surface area contributed by atoms with Crippen LogP contribution in [0.2, 0.25) is 5.02 Å². The van der Waals surface area contributed by atoms with E-state index in [-0.39, 0.29) is 17.6 Å². The number of carboxylic acid groups (broad SMARTS) is 1. The standard InChI is InChI=1S/C17H13ClN6O3/c1-9(10-2-4-12(18)5-3-10)24-14-13(7-20-24)21-17(22-15(14)25)23-8-11(6-19-23)16(26)27/h2-9H,1H3,(H,26,27)(H,21,22,25)/t9-/m0/s1. The molecular formula is C17H13ClN6O3. The van der Waals surface area contributed by atoms with Gasteiger partial charge in [-0.2, -0.15) is 10.2 Å². The van der Waals surface area contributed by atoms with Crippen LogP contribution in [0.3, 0.4) is 0 Å². The molecule has 136 valence electrons. The Hall–Kier alpha value is -3.46. The number of rotatable bonds is 4. The molecule has 0 aliphatic heterocycles. The molecular weight excluding hydrogens is 372 g/mol. The number of nitrogens with one attached hydrogen (secondary N) is 1. The van der Waals surface area contributed by atoms with Gasteiger partial charge < -0.3 is 5.11 Å². The van der Waals surface area contributed by atoms with Gasteiger partial charge in [-0.15, -0.1) is 0 Å². The number of hydrogen-bond acceptors (Lipinski definition) is 5. The maximum Gasteiger partial charge on any atom is 0.338 e. The highest BCUT2D eigenvalue weighted by Gasteiger charge is 2.17. The molecule has 0 radical (unpaired) electrons. The highest BCUT2D eigenvalue weighted by atomic mass is 35.5. The van der Waals surface area contributed by atoms with Crippen molar-refractivity contribution < 1.29 is 9.90 Å². The van der Waals surface area contributed by atoms with Crippen molar-refractivity contribution in [1.82, 2.24) is 29.5 Å². The molecule has 3 heterocycles. The fraction of sp³-hybridized carbons (Fsp3) is 0.118. The molecule has 10 heteroatoms. The van der Waals surface area contributed by atoms with E-state index in [2.05, 4.69) is 20.2 Å². The molecule has 0 unspecified atom stereocenters. The number of nitrogens with zero attached hydrogens (tertiary/aromatic N) is 5. The average Bonchev–Trinajstić information content (AvgIpc) is 3.29. The van der Waals surface area contributed by atoms with Crippen LogP contribution in [-0.4, -0.2) is 40.6 Å². The van der Waals surface area contributed by atoms with Crippen molar-refractivity contribution in [3.8, 4) is 5.95 Å². The lowest BCUT2D eigenvalue weighted by atomic mass is 10.1. The SMILES string of the molecule is C[C@@H](c1ccc(Cl)cc1)n1ncc2nc(-n3cc(C(=O)O)cn3)[nH]c(=O)c21. The Morgan fingerprint density at radius 2 is 1.96 bits per heavy atom. The number of halogens is 1. The summed E-state index contributed by atoms with van der Waals surface area (Å²) >= 11 is 5.93. The Kier molecular flexibility index (Phi) is 4.00. The first kappa shape index (κ1) is 17.0. The molecule has 1 atom stereocenters. The lowest BCUT2D eigenvalue weighted by Gasteiger charge is -2.13. The molecule has 9 nitrogen and oxygen atoms in total. The normalized spacial score (nSPS) is 12.4. The molecule has 2 N–H and O–H groups in total. The number of carboxylic acids is 1. The highest BCUT2D eigenvalue weighted by molar-refractivity contribution is 6.30. The van der Waals surface area contributed by atoms with Crippen LogP contribution < -0.4 is 5.56 Å². The van der Waals surface area contributed by atoms with Crippen LogP contribution >= 0.6 is 11.6 Å². The molecule has 4 aromatic rings. The van der Waals surface area contributed by atoms with Crippen LogP contribution in [-0.2, 0) is 0 Å². The number of fused-ring (bicyclic) bond motifs is 1. The molecule has 0 aliphatic rings. The highest BCUT2D eigenvalue weighted by Crippen LogP contribution is 2.22. The summed E-state index contributed by atoms with van der Waals surface area (Å²) in [6.45, 7) is 1.91. The van der Waals surface area contributed by atoms with Crippen LogP contribution in [0.15, 0.2) is 47.7 Å². The molecule has 1 aromatic carbocycles. The number of aromatic amines is 1. The van der Waals surface area contributed by atoms with Crippen molar-refractivity contribution in [3.63, 3.8) is 0 Å². The minimum absolute atomic E-state index is 0.00944. The van der Waals surface area contributed by atoms with Gasteiger partial charge in [0.2, 0.25) is 5.95 Å². The lowest BCUT2D eigenvalue weighted by molar-refractivity contribution is 0.0697. The summed E-state index contributed by atoms with van der Waals surface area (Å²) < 4.78 is 2.78. The van der Waals surface area contributed by atoms with Gasteiger partial charge in [0.1, 0.15) is 5.52 Å². The Balaban J connectivity index is 1.78. The van der Waals surface area contributed by atoms with Crippen molar-refractivity contribution in [1.29, 1.82) is 0 Å². The van der Waals surface area contributed by atoms with Crippen LogP contribution in [0.5, 0.6) is 0 Å². The number of aromatic nitrogens is 6. The summed E-state index contributed by atoms with van der Waals surface area (Å²) in [5, 5.41) is 17.8. The number of benzene rings is 1. The van der Waals surface area contributed by atoms with E-state index in [4.69, 9.17) is 16.7 Å². The second-order valence-electron chi connectivity index (χ2n) is 5.92. The van der Waals surface area contributed by atoms with Crippen LogP contribution in [0.1, 0.15) is 28.9 Å². The number of carbonyl (C=O) groups is 1. The zero-order chi connectivity index (χ0) is 19.1. The fourth-order valence-electron chi connectivity index (χ4n) is 2.79. The fourth-order valence-corrected chi connectivity index (χ4v) is 2.92. The second kappa shape index (κ2) is 6.36. The third kappa shape index (κ3) is 2.97. The van der Waals surface area contributed by atoms with E-state index in [0.717, 1.165) is 5.56 Å². The Bertz CT molecular complexity index is 1210. The van der Waals surface area contributed by atoms with Crippen molar-refractivity contribution in [3.05, 3.63) is 69.4 Å². The zero-order valence-corrected chi connectivity index (χ0v) is 14.8. The molecule has 0 saturated heterocycles. The maximum atomic E-state index is 12.7. The van der Waals surface area contributed by atoms with Gasteiger partial charge in [0.05, 0.1) is 24.0 Å². The van der Waals surface area contributed by atoms with Crippen LogP contribution in [0.4, 0.5) is 0 Å². The summed E-state index contributed by atoms with van der Waals surface area (Å²) in [6.07, 6.45) is 3.94. The van der Waals surface area contributed by atoms with Crippen molar-refractivity contribution in [2.75, 3.05) is 0 Å². The molecule has 0 fully saturated rings. The zero-order valence-electron chi connectivity index (χ0n) is 14.0. The molecule has 0 bridgehead atoms. The van der Waals surface area contributed by atoms with Crippen molar-refractivity contribution >= 4 is 28.6 Å². The van der Waals surface area contributed by atoms with E-state index in [0.29, 0.717) is 16.1 Å². The summed E-state index contributed by atoms with van der Waals surface area (Å²) in [5.41, 5.74) is 1.21. The van der Waals surface area contributed by atoms with E-state index in [9.17, 15) is 9.59 Å². The molecule has 0 saturated carbocycles. The van der Waals surface area contributed by atoms with E-state index in [1.54, 1.807) is 16.8 Å². The molecule has 3 aromatic heterocycles. The molecule has 0 aliphatic carbocycles. The van der Waals surface area contributed by atoms with E-state index >= 15 is 0 Å². The van der Waals surface area contributed by atoms with E-state index in [1.165, 1.54) is 23.3 Å². The number of aromatic carboxylic acids is 1. The van der Waals surface area contributed by atoms with Gasteiger partial charge in [-0.3, -0.25) is 14.5 Å². The van der Waals surface area contributed by atoms with Crippen molar-refractivity contribution in [2.45, 2.75) is 13.0 Å². The Morgan fingerprint density at radius 3 is 2.63 bits per heavy atom.